The molecule has 0 atom stereocenters. The lowest BCUT2D eigenvalue weighted by molar-refractivity contribution is 0.0690. The standard InChI is InChI=1S/C26H28N2O3S2/c29-26(27-13-9-21(10-14-27)17-20-5-2-1-3-6-20)22-7-4-8-24(18-22)33(30,31)28-15-11-25-23(19-28)12-16-32-25/h1-8,12,16,18,21H,9-11,13-15,17,19H2. The van der Waals surface area contributed by atoms with Crippen LogP contribution in [0.15, 0.2) is 70.9 Å². The summed E-state index contributed by atoms with van der Waals surface area (Å²) in [5.41, 5.74) is 2.87. The van der Waals surface area contributed by atoms with Gasteiger partial charge in [0.15, 0.2) is 0 Å². The third-order valence-corrected chi connectivity index (χ3v) is 9.62. The van der Waals surface area contributed by atoms with Crippen molar-refractivity contribution in [2.24, 2.45) is 5.92 Å². The number of amides is 1. The zero-order chi connectivity index (χ0) is 22.8. The maximum absolute atomic E-state index is 13.3. The van der Waals surface area contributed by atoms with Gasteiger partial charge in [0.05, 0.1) is 4.90 Å². The van der Waals surface area contributed by atoms with Crippen LogP contribution in [0, 0.1) is 5.92 Å². The van der Waals surface area contributed by atoms with Crippen LogP contribution in [-0.2, 0) is 29.4 Å². The molecule has 33 heavy (non-hydrogen) atoms. The molecule has 0 spiro atoms. The Kier molecular flexibility index (Phi) is 6.36. The lowest BCUT2D eigenvalue weighted by Gasteiger charge is -2.32. The maximum atomic E-state index is 13.3. The van der Waals surface area contributed by atoms with Crippen molar-refractivity contribution in [2.45, 2.75) is 37.1 Å². The molecule has 0 radical (unpaired) electrons. The molecule has 172 valence electrons. The molecule has 0 N–H and O–H groups in total. The first kappa shape index (κ1) is 22.3. The third kappa shape index (κ3) is 4.76. The van der Waals surface area contributed by atoms with Gasteiger partial charge in [-0.25, -0.2) is 8.42 Å². The molecule has 2 aliphatic rings. The van der Waals surface area contributed by atoms with Crippen LogP contribution in [0.2, 0.25) is 0 Å². The maximum Gasteiger partial charge on any atom is 0.253 e. The summed E-state index contributed by atoms with van der Waals surface area (Å²) in [6, 6.07) is 19.0. The topological polar surface area (TPSA) is 57.7 Å². The molecule has 1 aromatic heterocycles. The van der Waals surface area contributed by atoms with Gasteiger partial charge >= 0.3 is 0 Å². The Labute approximate surface area is 199 Å². The van der Waals surface area contributed by atoms with Crippen LogP contribution < -0.4 is 0 Å². The van der Waals surface area contributed by atoms with E-state index in [1.54, 1.807) is 35.6 Å². The van der Waals surface area contributed by atoms with E-state index < -0.39 is 10.0 Å². The smallest absolute Gasteiger partial charge is 0.253 e. The molecule has 1 amide bonds. The molecule has 0 saturated carbocycles. The predicted molar refractivity (Wildman–Crippen MR) is 131 cm³/mol. The van der Waals surface area contributed by atoms with Gasteiger partial charge in [-0.1, -0.05) is 36.4 Å². The molecule has 0 bridgehead atoms. The fraction of sp³-hybridized carbons (Fsp3) is 0.346. The van der Waals surface area contributed by atoms with E-state index in [0.717, 1.165) is 31.2 Å². The first-order chi connectivity index (χ1) is 16.0. The molecule has 3 aromatic rings. The molecule has 1 fully saturated rings. The highest BCUT2D eigenvalue weighted by Crippen LogP contribution is 2.29. The minimum Gasteiger partial charge on any atom is -0.339 e. The van der Waals surface area contributed by atoms with Crippen molar-refractivity contribution in [3.05, 3.63) is 87.6 Å². The molecule has 5 nitrogen and oxygen atoms in total. The van der Waals surface area contributed by atoms with Crippen molar-refractivity contribution in [2.75, 3.05) is 19.6 Å². The number of carbonyl (C=O) groups is 1. The van der Waals surface area contributed by atoms with Crippen LogP contribution in [-0.4, -0.2) is 43.2 Å². The summed E-state index contributed by atoms with van der Waals surface area (Å²) in [5, 5.41) is 2.02. The second kappa shape index (κ2) is 9.41. The van der Waals surface area contributed by atoms with Gasteiger partial charge in [0, 0.05) is 36.6 Å². The summed E-state index contributed by atoms with van der Waals surface area (Å²) in [5.74, 6) is 0.494. The minimum atomic E-state index is -3.65. The van der Waals surface area contributed by atoms with E-state index in [1.807, 2.05) is 22.4 Å². The number of nitrogens with zero attached hydrogens (tertiary/aromatic N) is 2. The van der Waals surface area contributed by atoms with Crippen LogP contribution >= 0.6 is 11.3 Å². The van der Waals surface area contributed by atoms with Gasteiger partial charge < -0.3 is 4.90 Å². The first-order valence-corrected chi connectivity index (χ1v) is 13.8. The Morgan fingerprint density at radius 1 is 0.970 bits per heavy atom. The fourth-order valence-corrected chi connectivity index (χ4v) is 7.19. The van der Waals surface area contributed by atoms with Crippen molar-refractivity contribution in [1.82, 2.24) is 9.21 Å². The number of likely N-dealkylation sites (tertiary alicyclic amines) is 1. The number of piperidine rings is 1. The number of hydrogen-bond acceptors (Lipinski definition) is 4. The van der Waals surface area contributed by atoms with Crippen LogP contribution in [0.5, 0.6) is 0 Å². The second-order valence-corrected chi connectivity index (χ2v) is 11.8. The van der Waals surface area contributed by atoms with E-state index in [0.29, 0.717) is 37.7 Å². The molecule has 1 saturated heterocycles. The third-order valence-electron chi connectivity index (χ3n) is 6.76. The molecule has 7 heteroatoms. The summed E-state index contributed by atoms with van der Waals surface area (Å²) in [7, 11) is -3.65. The number of rotatable bonds is 5. The summed E-state index contributed by atoms with van der Waals surface area (Å²) in [6.07, 6.45) is 3.71. The van der Waals surface area contributed by atoms with Gasteiger partial charge in [0.2, 0.25) is 10.0 Å². The van der Waals surface area contributed by atoms with Gasteiger partial charge in [-0.3, -0.25) is 4.79 Å². The van der Waals surface area contributed by atoms with E-state index in [2.05, 4.69) is 24.3 Å². The fourth-order valence-electron chi connectivity index (χ4n) is 4.84. The molecule has 5 rings (SSSR count). The summed E-state index contributed by atoms with van der Waals surface area (Å²) >= 11 is 1.68. The average molecular weight is 481 g/mol. The monoisotopic (exact) mass is 480 g/mol. The Balaban J connectivity index is 1.25. The van der Waals surface area contributed by atoms with Gasteiger partial charge in [-0.2, -0.15) is 4.31 Å². The lowest BCUT2D eigenvalue weighted by Crippen LogP contribution is -2.39. The highest BCUT2D eigenvalue weighted by Gasteiger charge is 2.30. The normalized spacial score (nSPS) is 17.6. The number of sulfonamides is 1. The molecule has 2 aromatic carbocycles. The highest BCUT2D eigenvalue weighted by molar-refractivity contribution is 7.89. The van der Waals surface area contributed by atoms with Crippen molar-refractivity contribution in [3.63, 3.8) is 0 Å². The van der Waals surface area contributed by atoms with Gasteiger partial charge in [-0.05, 0) is 72.4 Å². The average Bonchev–Trinajstić information content (AvgIpc) is 3.33. The molecular formula is C26H28N2O3S2. The predicted octanol–water partition coefficient (Wildman–Crippen LogP) is 4.59. The zero-order valence-corrected chi connectivity index (χ0v) is 20.2. The molecule has 0 aliphatic carbocycles. The number of benzene rings is 2. The van der Waals surface area contributed by atoms with E-state index in [-0.39, 0.29) is 10.8 Å². The lowest BCUT2D eigenvalue weighted by atomic mass is 9.90. The van der Waals surface area contributed by atoms with Crippen molar-refractivity contribution in [3.8, 4) is 0 Å². The Bertz CT molecular complexity index is 1230. The SMILES string of the molecule is O=C(c1cccc(S(=O)(=O)N2CCc3sccc3C2)c1)N1CCC(Cc2ccccc2)CC1. The number of thiophene rings is 1. The Morgan fingerprint density at radius 2 is 1.76 bits per heavy atom. The van der Waals surface area contributed by atoms with Crippen LogP contribution in [0.1, 0.15) is 39.2 Å². The largest absolute Gasteiger partial charge is 0.339 e. The molecular weight excluding hydrogens is 452 g/mol. The number of carbonyl (C=O) groups excluding carboxylic acids is 1. The van der Waals surface area contributed by atoms with Crippen molar-refractivity contribution < 1.29 is 13.2 Å². The molecule has 0 unspecified atom stereocenters. The van der Waals surface area contributed by atoms with E-state index in [1.165, 1.54) is 14.7 Å². The van der Waals surface area contributed by atoms with E-state index in [9.17, 15) is 13.2 Å². The van der Waals surface area contributed by atoms with Gasteiger partial charge in [-0.15, -0.1) is 11.3 Å². The minimum absolute atomic E-state index is 0.0797. The van der Waals surface area contributed by atoms with E-state index >= 15 is 0 Å². The number of hydrogen-bond donors (Lipinski definition) is 0. The summed E-state index contributed by atoms with van der Waals surface area (Å²) < 4.78 is 28.1. The summed E-state index contributed by atoms with van der Waals surface area (Å²) in [4.78, 5) is 16.5. The molecule has 2 aliphatic heterocycles. The quantitative estimate of drug-likeness (QED) is 0.537. The van der Waals surface area contributed by atoms with E-state index in [4.69, 9.17) is 0 Å². The van der Waals surface area contributed by atoms with Crippen LogP contribution in [0.25, 0.3) is 0 Å². The second-order valence-electron chi connectivity index (χ2n) is 8.91. The van der Waals surface area contributed by atoms with Crippen LogP contribution in [0.3, 0.4) is 0 Å². The Morgan fingerprint density at radius 3 is 2.55 bits per heavy atom. The van der Waals surface area contributed by atoms with Crippen molar-refractivity contribution in [1.29, 1.82) is 0 Å². The zero-order valence-electron chi connectivity index (χ0n) is 18.5. The highest BCUT2D eigenvalue weighted by atomic mass is 32.2. The molecule has 3 heterocycles. The van der Waals surface area contributed by atoms with Crippen LogP contribution in [0.4, 0.5) is 0 Å². The first-order valence-electron chi connectivity index (χ1n) is 11.5. The Hall–Kier alpha value is -2.48. The van der Waals surface area contributed by atoms with Crippen molar-refractivity contribution >= 4 is 27.3 Å². The van der Waals surface area contributed by atoms with Gasteiger partial charge in [0.25, 0.3) is 5.91 Å². The number of fused-ring (bicyclic) bond motifs is 1. The van der Waals surface area contributed by atoms with Gasteiger partial charge in [0.1, 0.15) is 0 Å². The summed E-state index contributed by atoms with van der Waals surface area (Å²) in [6.45, 7) is 2.29.